The van der Waals surface area contributed by atoms with Gasteiger partial charge in [0.25, 0.3) is 5.56 Å². The first-order chi connectivity index (χ1) is 12.1. The normalized spacial score (nSPS) is 11.6. The lowest BCUT2D eigenvalue weighted by atomic mass is 10.1. The van der Waals surface area contributed by atoms with E-state index in [1.165, 1.54) is 26.0 Å². The van der Waals surface area contributed by atoms with Crippen LogP contribution in [0.2, 0.25) is 0 Å². The molecule has 0 atom stereocenters. The zero-order valence-corrected chi connectivity index (χ0v) is 14.9. The van der Waals surface area contributed by atoms with Crippen molar-refractivity contribution in [3.8, 4) is 0 Å². The Labute approximate surface area is 147 Å². The van der Waals surface area contributed by atoms with Gasteiger partial charge in [-0.05, 0) is 35.9 Å². The molecule has 4 rings (SSSR count). The SMILES string of the molecule is CCc1ccc(Cn2c(=O)c3sccc3n3c(=O)n(CC)nc23)cc1. The number of rotatable bonds is 4. The van der Waals surface area contributed by atoms with Crippen LogP contribution in [0.25, 0.3) is 16.0 Å². The first kappa shape index (κ1) is 15.8. The summed E-state index contributed by atoms with van der Waals surface area (Å²) in [6.45, 7) is 4.83. The van der Waals surface area contributed by atoms with Gasteiger partial charge in [0.05, 0.1) is 12.1 Å². The molecule has 3 heterocycles. The van der Waals surface area contributed by atoms with Crippen molar-refractivity contribution in [2.24, 2.45) is 0 Å². The molecule has 0 unspecified atom stereocenters. The van der Waals surface area contributed by atoms with Crippen molar-refractivity contribution in [3.05, 3.63) is 67.7 Å². The molecule has 0 bridgehead atoms. The zero-order valence-electron chi connectivity index (χ0n) is 14.1. The molecule has 0 saturated carbocycles. The lowest BCUT2D eigenvalue weighted by Gasteiger charge is -2.08. The first-order valence-corrected chi connectivity index (χ1v) is 9.19. The highest BCUT2D eigenvalue weighted by Crippen LogP contribution is 2.18. The van der Waals surface area contributed by atoms with Crippen LogP contribution < -0.4 is 11.2 Å². The Morgan fingerprint density at radius 3 is 2.44 bits per heavy atom. The lowest BCUT2D eigenvalue weighted by molar-refractivity contribution is 0.630. The second kappa shape index (κ2) is 6.00. The molecule has 4 aromatic rings. The number of hydrogen-bond donors (Lipinski definition) is 0. The topological polar surface area (TPSA) is 61.3 Å². The Hall–Kier alpha value is -2.67. The molecule has 0 amide bonds. The van der Waals surface area contributed by atoms with Crippen LogP contribution >= 0.6 is 11.3 Å². The van der Waals surface area contributed by atoms with Gasteiger partial charge in [0.2, 0.25) is 5.78 Å². The summed E-state index contributed by atoms with van der Waals surface area (Å²) in [6.07, 6.45) is 0.974. The number of nitrogens with zero attached hydrogens (tertiary/aromatic N) is 4. The third-order valence-corrected chi connectivity index (χ3v) is 5.35. The highest BCUT2D eigenvalue weighted by Gasteiger charge is 2.17. The van der Waals surface area contributed by atoms with E-state index in [4.69, 9.17) is 0 Å². The maximum atomic E-state index is 12.9. The fourth-order valence-electron chi connectivity index (χ4n) is 3.05. The monoisotopic (exact) mass is 354 g/mol. The van der Waals surface area contributed by atoms with Crippen molar-refractivity contribution < 1.29 is 0 Å². The van der Waals surface area contributed by atoms with Crippen molar-refractivity contribution in [3.63, 3.8) is 0 Å². The van der Waals surface area contributed by atoms with Crippen molar-refractivity contribution in [2.45, 2.75) is 33.4 Å². The van der Waals surface area contributed by atoms with Crippen molar-refractivity contribution in [2.75, 3.05) is 0 Å². The average molecular weight is 354 g/mol. The Balaban J connectivity index is 1.98. The predicted octanol–water partition coefficient (Wildman–Crippen LogP) is 2.50. The molecule has 6 nitrogen and oxygen atoms in total. The van der Waals surface area contributed by atoms with E-state index in [1.54, 1.807) is 10.6 Å². The number of hydrogen-bond acceptors (Lipinski definition) is 4. The minimum absolute atomic E-state index is 0.106. The Kier molecular flexibility index (Phi) is 3.80. The van der Waals surface area contributed by atoms with Crippen molar-refractivity contribution in [1.82, 2.24) is 18.7 Å². The summed E-state index contributed by atoms with van der Waals surface area (Å²) in [6, 6.07) is 9.98. The second-order valence-electron chi connectivity index (χ2n) is 5.93. The van der Waals surface area contributed by atoms with Gasteiger partial charge in [0, 0.05) is 6.54 Å². The van der Waals surface area contributed by atoms with Crippen molar-refractivity contribution in [1.29, 1.82) is 0 Å². The summed E-state index contributed by atoms with van der Waals surface area (Å²) in [5, 5.41) is 6.22. The summed E-state index contributed by atoms with van der Waals surface area (Å²) < 4.78 is 5.10. The molecule has 0 N–H and O–H groups in total. The second-order valence-corrected chi connectivity index (χ2v) is 6.85. The summed E-state index contributed by atoms with van der Waals surface area (Å²) >= 11 is 1.36. The molecule has 3 aromatic heterocycles. The molecule has 0 saturated heterocycles. The first-order valence-electron chi connectivity index (χ1n) is 8.31. The molecule has 7 heteroatoms. The minimum atomic E-state index is -0.212. The fraction of sp³-hybridized carbons (Fsp3) is 0.278. The number of thiophene rings is 1. The molecule has 0 aliphatic rings. The number of aryl methyl sites for hydroxylation is 2. The van der Waals surface area contributed by atoms with Gasteiger partial charge < -0.3 is 0 Å². The zero-order chi connectivity index (χ0) is 17.6. The van der Waals surface area contributed by atoms with Crippen molar-refractivity contribution >= 4 is 27.3 Å². The van der Waals surface area contributed by atoms with Crippen LogP contribution in [0.15, 0.2) is 45.3 Å². The van der Waals surface area contributed by atoms with E-state index < -0.39 is 0 Å². The molecule has 128 valence electrons. The maximum absolute atomic E-state index is 12.9. The molecule has 25 heavy (non-hydrogen) atoms. The summed E-state index contributed by atoms with van der Waals surface area (Å²) in [5.74, 6) is 0.391. The third-order valence-electron chi connectivity index (χ3n) is 4.46. The van der Waals surface area contributed by atoms with E-state index in [2.05, 4.69) is 24.2 Å². The van der Waals surface area contributed by atoms with Crippen LogP contribution in [0.1, 0.15) is 25.0 Å². The number of aromatic nitrogens is 4. The summed E-state index contributed by atoms with van der Waals surface area (Å²) in [5.41, 5.74) is 2.57. The average Bonchev–Trinajstić information content (AvgIpc) is 3.23. The molecule has 0 aliphatic heterocycles. The van der Waals surface area contributed by atoms with E-state index in [0.717, 1.165) is 12.0 Å². The summed E-state index contributed by atoms with van der Waals surface area (Å²) in [7, 11) is 0. The summed E-state index contributed by atoms with van der Waals surface area (Å²) in [4.78, 5) is 25.6. The Bertz CT molecular complexity index is 1180. The van der Waals surface area contributed by atoms with Crippen LogP contribution in [-0.2, 0) is 19.5 Å². The van der Waals surface area contributed by atoms with Crippen LogP contribution in [0.4, 0.5) is 0 Å². The maximum Gasteiger partial charge on any atom is 0.352 e. The van der Waals surface area contributed by atoms with Gasteiger partial charge in [0.15, 0.2) is 0 Å². The number of fused-ring (bicyclic) bond motifs is 3. The third kappa shape index (κ3) is 2.42. The van der Waals surface area contributed by atoms with Gasteiger partial charge in [0.1, 0.15) is 4.70 Å². The molecular weight excluding hydrogens is 336 g/mol. The largest absolute Gasteiger partial charge is 0.352 e. The molecule has 0 fully saturated rings. The predicted molar refractivity (Wildman–Crippen MR) is 99.7 cm³/mol. The Morgan fingerprint density at radius 1 is 1.04 bits per heavy atom. The smallest absolute Gasteiger partial charge is 0.271 e. The van der Waals surface area contributed by atoms with Crippen LogP contribution in [0, 0.1) is 0 Å². The highest BCUT2D eigenvalue weighted by molar-refractivity contribution is 7.17. The van der Waals surface area contributed by atoms with Gasteiger partial charge in [-0.2, -0.15) is 0 Å². The highest BCUT2D eigenvalue weighted by atomic mass is 32.1. The van der Waals surface area contributed by atoms with Crippen LogP contribution in [0.3, 0.4) is 0 Å². The standard InChI is InChI=1S/C18H18N4O2S/c1-3-12-5-7-13(8-6-12)11-20-16(23)15-14(9-10-25-15)22-17(20)19-21(4-2)18(22)24/h5-10H,3-4,11H2,1-2H3. The van der Waals surface area contributed by atoms with Gasteiger partial charge in [-0.3, -0.25) is 9.36 Å². The van der Waals surface area contributed by atoms with E-state index in [9.17, 15) is 9.59 Å². The van der Waals surface area contributed by atoms with Crippen LogP contribution in [0.5, 0.6) is 0 Å². The molecule has 0 aliphatic carbocycles. The van der Waals surface area contributed by atoms with Gasteiger partial charge in [-0.25, -0.2) is 13.9 Å². The molecule has 0 radical (unpaired) electrons. The fourth-order valence-corrected chi connectivity index (χ4v) is 3.87. The van der Waals surface area contributed by atoms with E-state index in [0.29, 0.717) is 29.1 Å². The van der Waals surface area contributed by atoms with Gasteiger partial charge in [-0.15, -0.1) is 16.4 Å². The van der Waals surface area contributed by atoms with Crippen LogP contribution in [-0.4, -0.2) is 18.7 Å². The molecule has 0 spiro atoms. The Morgan fingerprint density at radius 2 is 1.76 bits per heavy atom. The molecular formula is C18H18N4O2S. The van der Waals surface area contributed by atoms with E-state index in [-0.39, 0.29) is 11.2 Å². The van der Waals surface area contributed by atoms with Gasteiger partial charge in [-0.1, -0.05) is 31.2 Å². The van der Waals surface area contributed by atoms with Gasteiger partial charge >= 0.3 is 5.69 Å². The lowest BCUT2D eigenvalue weighted by Crippen LogP contribution is -2.25. The quantitative estimate of drug-likeness (QED) is 0.566. The number of benzene rings is 1. The minimum Gasteiger partial charge on any atom is -0.271 e. The van der Waals surface area contributed by atoms with E-state index in [1.807, 2.05) is 24.4 Å². The molecule has 1 aromatic carbocycles. The van der Waals surface area contributed by atoms with E-state index >= 15 is 0 Å².